The molecule has 3 heteroatoms. The summed E-state index contributed by atoms with van der Waals surface area (Å²) >= 11 is 6.05. The Labute approximate surface area is 133 Å². The van der Waals surface area contributed by atoms with E-state index in [2.05, 4.69) is 17.4 Å². The van der Waals surface area contributed by atoms with Gasteiger partial charge in [-0.15, -0.1) is 0 Å². The topological polar surface area (TPSA) is 21.3 Å². The van der Waals surface area contributed by atoms with E-state index in [1.165, 1.54) is 49.7 Å². The summed E-state index contributed by atoms with van der Waals surface area (Å²) in [5.41, 5.74) is 2.85. The van der Waals surface area contributed by atoms with Crippen LogP contribution in [0.15, 0.2) is 18.2 Å². The van der Waals surface area contributed by atoms with Gasteiger partial charge >= 0.3 is 0 Å². The van der Waals surface area contributed by atoms with E-state index in [9.17, 15) is 0 Å². The fourth-order valence-electron chi connectivity index (χ4n) is 3.63. The van der Waals surface area contributed by atoms with E-state index in [0.29, 0.717) is 12.1 Å². The number of fused-ring (bicyclic) bond motifs is 1. The fraction of sp³-hybridized carbons (Fsp3) is 0.667. The van der Waals surface area contributed by atoms with Gasteiger partial charge in [-0.05, 0) is 61.9 Å². The molecule has 1 saturated carbocycles. The van der Waals surface area contributed by atoms with Gasteiger partial charge in [-0.1, -0.05) is 36.9 Å². The van der Waals surface area contributed by atoms with Gasteiger partial charge in [0.1, 0.15) is 0 Å². The molecule has 116 valence electrons. The molecule has 1 atom stereocenters. The first-order valence-corrected chi connectivity index (χ1v) is 8.84. The molecule has 21 heavy (non-hydrogen) atoms. The first kappa shape index (κ1) is 15.3. The van der Waals surface area contributed by atoms with Gasteiger partial charge in [0.05, 0.1) is 6.10 Å². The van der Waals surface area contributed by atoms with Gasteiger partial charge in [0, 0.05) is 17.7 Å². The zero-order valence-corrected chi connectivity index (χ0v) is 13.5. The number of hydrogen-bond acceptors (Lipinski definition) is 2. The summed E-state index contributed by atoms with van der Waals surface area (Å²) in [5.74, 6) is 0. The first-order chi connectivity index (χ1) is 10.3. The SMILES string of the molecule is Clc1ccc2c(c1)CCC2NCCCOC1CCCCC1. The summed E-state index contributed by atoms with van der Waals surface area (Å²) in [6.45, 7) is 1.94. The van der Waals surface area contributed by atoms with Crippen LogP contribution in [-0.4, -0.2) is 19.3 Å². The number of hydrogen-bond donors (Lipinski definition) is 1. The second kappa shape index (κ2) is 7.62. The Balaban J connectivity index is 1.35. The molecule has 0 bridgehead atoms. The van der Waals surface area contributed by atoms with E-state index in [4.69, 9.17) is 16.3 Å². The number of benzene rings is 1. The van der Waals surface area contributed by atoms with Gasteiger partial charge in [0.25, 0.3) is 0 Å². The normalized spacial score (nSPS) is 22.4. The minimum atomic E-state index is 0.506. The highest BCUT2D eigenvalue weighted by atomic mass is 35.5. The van der Waals surface area contributed by atoms with Crippen molar-refractivity contribution in [2.24, 2.45) is 0 Å². The van der Waals surface area contributed by atoms with Gasteiger partial charge in [0.15, 0.2) is 0 Å². The third kappa shape index (κ3) is 4.21. The molecule has 2 aliphatic rings. The van der Waals surface area contributed by atoms with E-state index in [0.717, 1.165) is 31.0 Å². The van der Waals surface area contributed by atoms with Crippen LogP contribution in [0.2, 0.25) is 5.02 Å². The van der Waals surface area contributed by atoms with Crippen molar-refractivity contribution in [2.45, 2.75) is 63.5 Å². The smallest absolute Gasteiger partial charge is 0.0575 e. The Morgan fingerprint density at radius 2 is 2.00 bits per heavy atom. The molecule has 1 aromatic rings. The van der Waals surface area contributed by atoms with Crippen LogP contribution in [0.5, 0.6) is 0 Å². The lowest BCUT2D eigenvalue weighted by molar-refractivity contribution is 0.0271. The van der Waals surface area contributed by atoms with Crippen LogP contribution in [0, 0.1) is 0 Å². The Bertz CT molecular complexity index is 457. The third-order valence-corrected chi connectivity index (χ3v) is 5.04. The molecule has 1 aromatic carbocycles. The summed E-state index contributed by atoms with van der Waals surface area (Å²) in [5, 5.41) is 4.53. The van der Waals surface area contributed by atoms with Crippen molar-refractivity contribution in [1.29, 1.82) is 0 Å². The highest BCUT2D eigenvalue weighted by Crippen LogP contribution is 2.32. The summed E-state index contributed by atoms with van der Waals surface area (Å²) in [4.78, 5) is 0. The van der Waals surface area contributed by atoms with E-state index in [1.54, 1.807) is 0 Å². The Hall–Kier alpha value is -0.570. The molecule has 1 N–H and O–H groups in total. The van der Waals surface area contributed by atoms with E-state index < -0.39 is 0 Å². The second-order valence-electron chi connectivity index (χ2n) is 6.37. The van der Waals surface area contributed by atoms with Crippen LogP contribution in [0.3, 0.4) is 0 Å². The second-order valence-corrected chi connectivity index (χ2v) is 6.81. The molecule has 0 heterocycles. The van der Waals surface area contributed by atoms with Gasteiger partial charge < -0.3 is 10.1 Å². The van der Waals surface area contributed by atoms with Crippen LogP contribution in [0.1, 0.15) is 62.1 Å². The predicted octanol–water partition coefficient (Wildman–Crippen LogP) is 4.66. The van der Waals surface area contributed by atoms with Gasteiger partial charge in [0.2, 0.25) is 0 Å². The Morgan fingerprint density at radius 1 is 1.14 bits per heavy atom. The molecule has 3 rings (SSSR count). The number of rotatable bonds is 6. The molecule has 0 amide bonds. The van der Waals surface area contributed by atoms with Crippen molar-refractivity contribution in [3.63, 3.8) is 0 Å². The monoisotopic (exact) mass is 307 g/mol. The predicted molar refractivity (Wildman–Crippen MR) is 88.0 cm³/mol. The van der Waals surface area contributed by atoms with Gasteiger partial charge in [-0.2, -0.15) is 0 Å². The first-order valence-electron chi connectivity index (χ1n) is 8.46. The lowest BCUT2D eigenvalue weighted by atomic mass is 9.98. The lowest BCUT2D eigenvalue weighted by Crippen LogP contribution is -2.23. The van der Waals surface area contributed by atoms with Crippen LogP contribution in [0.4, 0.5) is 0 Å². The third-order valence-electron chi connectivity index (χ3n) is 4.80. The van der Waals surface area contributed by atoms with Crippen molar-refractivity contribution in [3.8, 4) is 0 Å². The quantitative estimate of drug-likeness (QED) is 0.772. The summed E-state index contributed by atoms with van der Waals surface area (Å²) in [6.07, 6.45) is 10.6. The zero-order chi connectivity index (χ0) is 14.5. The molecule has 0 saturated heterocycles. The number of nitrogens with one attached hydrogen (secondary N) is 1. The molecule has 2 nitrogen and oxygen atoms in total. The molecule has 2 aliphatic carbocycles. The number of halogens is 1. The Morgan fingerprint density at radius 3 is 2.86 bits per heavy atom. The van der Waals surface area contributed by atoms with Crippen molar-refractivity contribution in [3.05, 3.63) is 34.3 Å². The molecule has 0 spiro atoms. The maximum atomic E-state index is 6.05. The Kier molecular flexibility index (Phi) is 5.56. The molecular formula is C18H26ClNO. The van der Waals surface area contributed by atoms with E-state index >= 15 is 0 Å². The lowest BCUT2D eigenvalue weighted by Gasteiger charge is -2.22. The average Bonchev–Trinajstić information content (AvgIpc) is 2.90. The molecule has 1 fully saturated rings. The van der Waals surface area contributed by atoms with Crippen LogP contribution < -0.4 is 5.32 Å². The minimum Gasteiger partial charge on any atom is -0.378 e. The molecule has 0 aliphatic heterocycles. The summed E-state index contributed by atoms with van der Waals surface area (Å²) in [7, 11) is 0. The van der Waals surface area contributed by atoms with Crippen LogP contribution in [-0.2, 0) is 11.2 Å². The minimum absolute atomic E-state index is 0.506. The maximum absolute atomic E-state index is 6.05. The van der Waals surface area contributed by atoms with Gasteiger partial charge in [-0.25, -0.2) is 0 Å². The molecule has 0 aromatic heterocycles. The van der Waals surface area contributed by atoms with Crippen LogP contribution in [0.25, 0.3) is 0 Å². The summed E-state index contributed by atoms with van der Waals surface area (Å²) in [6, 6.07) is 6.81. The average molecular weight is 308 g/mol. The van der Waals surface area contributed by atoms with Crippen molar-refractivity contribution in [2.75, 3.05) is 13.2 Å². The van der Waals surface area contributed by atoms with Crippen LogP contribution >= 0.6 is 11.6 Å². The van der Waals surface area contributed by atoms with Gasteiger partial charge in [-0.3, -0.25) is 0 Å². The largest absolute Gasteiger partial charge is 0.378 e. The highest BCUT2D eigenvalue weighted by molar-refractivity contribution is 6.30. The highest BCUT2D eigenvalue weighted by Gasteiger charge is 2.21. The maximum Gasteiger partial charge on any atom is 0.0575 e. The van der Waals surface area contributed by atoms with Crippen molar-refractivity contribution in [1.82, 2.24) is 5.32 Å². The number of ether oxygens (including phenoxy) is 1. The van der Waals surface area contributed by atoms with Crippen molar-refractivity contribution >= 4 is 11.6 Å². The molecular weight excluding hydrogens is 282 g/mol. The summed E-state index contributed by atoms with van der Waals surface area (Å²) < 4.78 is 5.98. The van der Waals surface area contributed by atoms with Crippen molar-refractivity contribution < 1.29 is 4.74 Å². The van der Waals surface area contributed by atoms with E-state index in [1.807, 2.05) is 6.07 Å². The zero-order valence-electron chi connectivity index (χ0n) is 12.7. The molecule has 0 radical (unpaired) electrons. The standard InChI is InChI=1S/C18H26ClNO/c19-15-8-9-17-14(13-15)7-10-18(17)20-11-4-12-21-16-5-2-1-3-6-16/h8-9,13,16,18,20H,1-7,10-12H2. The van der Waals surface area contributed by atoms with E-state index in [-0.39, 0.29) is 0 Å². The number of aryl methyl sites for hydroxylation is 1. The fourth-order valence-corrected chi connectivity index (χ4v) is 3.82. The molecule has 1 unspecified atom stereocenters.